The highest BCUT2D eigenvalue weighted by atomic mass is 16.5. The molecule has 0 aromatic heterocycles. The Morgan fingerprint density at radius 1 is 1.17 bits per heavy atom. The molecule has 0 aliphatic heterocycles. The molecule has 0 fully saturated rings. The quantitative estimate of drug-likeness (QED) is 0.662. The van der Waals surface area contributed by atoms with Gasteiger partial charge in [0.25, 0.3) is 0 Å². The van der Waals surface area contributed by atoms with E-state index in [1.807, 2.05) is 26.0 Å². The van der Waals surface area contributed by atoms with E-state index >= 15 is 0 Å². The predicted octanol–water partition coefficient (Wildman–Crippen LogP) is 2.05. The zero-order chi connectivity index (χ0) is 16.5. The molecular weight excluding hydrogens is 298 g/mol. The molecule has 4 N–H and O–H groups in total. The molecule has 1 atom stereocenters. The van der Waals surface area contributed by atoms with Gasteiger partial charge in [-0.3, -0.25) is 0 Å². The Labute approximate surface area is 138 Å². The summed E-state index contributed by atoms with van der Waals surface area (Å²) in [6, 6.07) is 5.50. The summed E-state index contributed by atoms with van der Waals surface area (Å²) >= 11 is 0. The van der Waals surface area contributed by atoms with Crippen molar-refractivity contribution >= 4 is 5.97 Å². The molecule has 0 heterocycles. The van der Waals surface area contributed by atoms with Crippen LogP contribution in [0.3, 0.4) is 0 Å². The monoisotopic (exact) mass is 327 g/mol. The van der Waals surface area contributed by atoms with E-state index in [0.717, 1.165) is 12.0 Å². The third-order valence-corrected chi connectivity index (χ3v) is 3.54. The average Bonchev–Trinajstić information content (AvgIpc) is 2.48. The smallest absolute Gasteiger partial charge is 0.161 e. The van der Waals surface area contributed by atoms with Crippen LogP contribution >= 0.6 is 0 Å². The van der Waals surface area contributed by atoms with Crippen molar-refractivity contribution in [1.29, 1.82) is 0 Å². The summed E-state index contributed by atoms with van der Waals surface area (Å²) in [6.07, 6.45) is 1.19. The van der Waals surface area contributed by atoms with E-state index in [1.165, 1.54) is 0 Å². The Hall–Kier alpha value is -1.79. The molecule has 0 aliphatic carbocycles. The first-order valence-electron chi connectivity index (χ1n) is 7.49. The van der Waals surface area contributed by atoms with Gasteiger partial charge in [0.1, 0.15) is 0 Å². The number of carboxylic acids is 1. The van der Waals surface area contributed by atoms with E-state index in [-0.39, 0.29) is 12.1 Å². The van der Waals surface area contributed by atoms with Gasteiger partial charge in [0, 0.05) is 32.0 Å². The minimum atomic E-state index is -1.02. The molecule has 0 spiro atoms. The van der Waals surface area contributed by atoms with Gasteiger partial charge in [-0.15, -0.1) is 0 Å². The Balaban J connectivity index is 0.00000484. The third kappa shape index (κ3) is 6.88. The number of carboxylic acid groups (broad SMARTS) is 1. The number of hydrogen-bond donors (Lipinski definition) is 1. The Morgan fingerprint density at radius 3 is 2.39 bits per heavy atom. The van der Waals surface area contributed by atoms with Crippen molar-refractivity contribution in [2.24, 2.45) is 11.8 Å². The number of aliphatic carboxylic acids is 1. The topological polar surface area (TPSA) is 104 Å². The van der Waals surface area contributed by atoms with Crippen molar-refractivity contribution in [1.82, 2.24) is 6.15 Å². The van der Waals surface area contributed by atoms with Gasteiger partial charge in [0.15, 0.2) is 11.5 Å². The summed E-state index contributed by atoms with van der Waals surface area (Å²) in [5.41, 5.74) is 0.894. The maximum Gasteiger partial charge on any atom is 0.161 e. The second kappa shape index (κ2) is 10.9. The summed E-state index contributed by atoms with van der Waals surface area (Å²) in [5, 5.41) is 11.2. The average molecular weight is 327 g/mol. The maximum absolute atomic E-state index is 11.2. The molecule has 1 aromatic rings. The van der Waals surface area contributed by atoms with Crippen molar-refractivity contribution in [3.8, 4) is 11.5 Å². The van der Waals surface area contributed by atoms with E-state index in [0.29, 0.717) is 31.1 Å². The summed E-state index contributed by atoms with van der Waals surface area (Å²) < 4.78 is 16.0. The zero-order valence-electron chi connectivity index (χ0n) is 14.8. The number of ether oxygens (including phenoxy) is 3. The largest absolute Gasteiger partial charge is 0.550 e. The number of hydrogen-bond acceptors (Lipinski definition) is 5. The zero-order valence-corrected chi connectivity index (χ0v) is 14.8. The minimum Gasteiger partial charge on any atom is -0.550 e. The third-order valence-electron chi connectivity index (χ3n) is 3.54. The molecule has 6 heteroatoms. The van der Waals surface area contributed by atoms with E-state index < -0.39 is 11.9 Å². The Kier molecular flexibility index (Phi) is 10.0. The van der Waals surface area contributed by atoms with Crippen molar-refractivity contribution in [3.63, 3.8) is 0 Å². The SMILES string of the molecule is COCCCOc1cc(CC(C(=O)[O-])C(C)C)ccc1OC.[NH4+]. The highest BCUT2D eigenvalue weighted by molar-refractivity contribution is 5.68. The van der Waals surface area contributed by atoms with Gasteiger partial charge in [-0.25, -0.2) is 0 Å². The molecule has 0 amide bonds. The van der Waals surface area contributed by atoms with E-state index in [4.69, 9.17) is 14.2 Å². The van der Waals surface area contributed by atoms with Crippen molar-refractivity contribution in [2.45, 2.75) is 26.7 Å². The lowest BCUT2D eigenvalue weighted by molar-refractivity contribution is -0.313. The lowest BCUT2D eigenvalue weighted by Gasteiger charge is -2.22. The molecule has 6 nitrogen and oxygen atoms in total. The first kappa shape index (κ1) is 21.2. The summed E-state index contributed by atoms with van der Waals surface area (Å²) in [5.74, 6) is -0.269. The standard InChI is InChI=1S/C17H26O5.H3N/c1-12(2)14(17(18)19)10-13-6-7-15(21-4)16(11-13)22-9-5-8-20-3;/h6-7,11-12,14H,5,8-10H2,1-4H3,(H,18,19);1H3. The maximum atomic E-state index is 11.2. The molecule has 0 aliphatic rings. The van der Waals surface area contributed by atoms with Crippen LogP contribution in [0.25, 0.3) is 0 Å². The lowest BCUT2D eigenvalue weighted by Crippen LogP contribution is -2.35. The van der Waals surface area contributed by atoms with Gasteiger partial charge in [-0.05, 0) is 30.0 Å². The van der Waals surface area contributed by atoms with Crippen molar-refractivity contribution in [3.05, 3.63) is 23.8 Å². The fourth-order valence-corrected chi connectivity index (χ4v) is 2.19. The Morgan fingerprint density at radius 2 is 1.87 bits per heavy atom. The Bertz CT molecular complexity index is 476. The van der Waals surface area contributed by atoms with Gasteiger partial charge in [-0.2, -0.15) is 0 Å². The number of rotatable bonds is 10. The number of benzene rings is 1. The van der Waals surface area contributed by atoms with Gasteiger partial charge in [-0.1, -0.05) is 19.9 Å². The van der Waals surface area contributed by atoms with Crippen LogP contribution in [0.4, 0.5) is 0 Å². The molecule has 23 heavy (non-hydrogen) atoms. The fraction of sp³-hybridized carbons (Fsp3) is 0.588. The molecule has 0 saturated carbocycles. The van der Waals surface area contributed by atoms with Crippen LogP contribution in [-0.4, -0.2) is 33.4 Å². The molecule has 1 aromatic carbocycles. The van der Waals surface area contributed by atoms with Crippen LogP contribution < -0.4 is 20.7 Å². The molecule has 0 bridgehead atoms. The minimum absolute atomic E-state index is 0. The van der Waals surface area contributed by atoms with Crippen LogP contribution in [0.5, 0.6) is 11.5 Å². The van der Waals surface area contributed by atoms with E-state index in [2.05, 4.69) is 0 Å². The molecule has 0 saturated heterocycles. The van der Waals surface area contributed by atoms with Crippen LogP contribution in [0.2, 0.25) is 0 Å². The van der Waals surface area contributed by atoms with Crippen molar-refractivity contribution < 1.29 is 24.1 Å². The molecular formula is C17H29NO5. The second-order valence-electron chi connectivity index (χ2n) is 5.55. The van der Waals surface area contributed by atoms with Gasteiger partial charge in [0.2, 0.25) is 0 Å². The van der Waals surface area contributed by atoms with Crippen LogP contribution in [0, 0.1) is 11.8 Å². The van der Waals surface area contributed by atoms with Gasteiger partial charge >= 0.3 is 0 Å². The van der Waals surface area contributed by atoms with E-state index in [1.54, 1.807) is 20.3 Å². The van der Waals surface area contributed by atoms with Crippen LogP contribution in [0.15, 0.2) is 18.2 Å². The lowest BCUT2D eigenvalue weighted by atomic mass is 9.89. The molecule has 132 valence electrons. The molecule has 1 unspecified atom stereocenters. The number of carbonyl (C=O) groups is 1. The first-order chi connectivity index (χ1) is 10.5. The number of carbonyl (C=O) groups excluding carboxylic acids is 1. The number of quaternary nitrogens is 1. The fourth-order valence-electron chi connectivity index (χ4n) is 2.19. The van der Waals surface area contributed by atoms with Crippen LogP contribution in [-0.2, 0) is 16.0 Å². The van der Waals surface area contributed by atoms with Crippen LogP contribution in [0.1, 0.15) is 25.8 Å². The van der Waals surface area contributed by atoms with Gasteiger partial charge in [0.05, 0.1) is 13.7 Å². The van der Waals surface area contributed by atoms with Gasteiger partial charge < -0.3 is 30.3 Å². The predicted molar refractivity (Wildman–Crippen MR) is 88.0 cm³/mol. The molecule has 0 radical (unpaired) electrons. The molecule has 1 rings (SSSR count). The normalized spacial score (nSPS) is 11.7. The first-order valence-corrected chi connectivity index (χ1v) is 7.49. The number of methoxy groups -OCH3 is 2. The second-order valence-corrected chi connectivity index (χ2v) is 5.55. The highest BCUT2D eigenvalue weighted by Crippen LogP contribution is 2.30. The van der Waals surface area contributed by atoms with Crippen molar-refractivity contribution in [2.75, 3.05) is 27.4 Å². The highest BCUT2D eigenvalue weighted by Gasteiger charge is 2.16. The summed E-state index contributed by atoms with van der Waals surface area (Å²) in [6.45, 7) is 4.90. The van der Waals surface area contributed by atoms with E-state index in [9.17, 15) is 9.90 Å². The summed E-state index contributed by atoms with van der Waals surface area (Å²) in [7, 11) is 3.22. The summed E-state index contributed by atoms with van der Waals surface area (Å²) in [4.78, 5) is 11.2.